The van der Waals surface area contributed by atoms with Gasteiger partial charge < -0.3 is 10.3 Å². The maximum absolute atomic E-state index is 5.61. The van der Waals surface area contributed by atoms with Crippen molar-refractivity contribution >= 4 is 11.8 Å². The highest BCUT2D eigenvalue weighted by Crippen LogP contribution is 2.23. The van der Waals surface area contributed by atoms with Crippen LogP contribution >= 0.6 is 11.8 Å². The van der Waals surface area contributed by atoms with Crippen LogP contribution in [0.3, 0.4) is 0 Å². The van der Waals surface area contributed by atoms with Crippen LogP contribution in [0.5, 0.6) is 0 Å². The zero-order chi connectivity index (χ0) is 13.0. The molecule has 0 aliphatic carbocycles. The number of benzene rings is 1. The highest BCUT2D eigenvalue weighted by molar-refractivity contribution is 7.98. The van der Waals surface area contributed by atoms with E-state index in [1.54, 1.807) is 11.8 Å². The normalized spacial score (nSPS) is 11.1. The Morgan fingerprint density at radius 1 is 1.39 bits per heavy atom. The van der Waals surface area contributed by atoms with Gasteiger partial charge in [-0.05, 0) is 17.7 Å². The largest absolute Gasteiger partial charge is 0.339 e. The second-order valence-corrected chi connectivity index (χ2v) is 5.39. The van der Waals surface area contributed by atoms with Gasteiger partial charge in [-0.2, -0.15) is 4.98 Å². The molecule has 2 N–H and O–H groups in total. The van der Waals surface area contributed by atoms with Gasteiger partial charge in [0.1, 0.15) is 0 Å². The van der Waals surface area contributed by atoms with Gasteiger partial charge in [0.05, 0.1) is 5.75 Å². The lowest BCUT2D eigenvalue weighted by atomic mass is 10.2. The molecule has 1 aromatic carbocycles. The Labute approximate surface area is 111 Å². The quantitative estimate of drug-likeness (QED) is 0.840. The second kappa shape index (κ2) is 6.02. The number of thioether (sulfide) groups is 1. The van der Waals surface area contributed by atoms with Gasteiger partial charge >= 0.3 is 0 Å². The molecule has 1 heterocycles. The summed E-state index contributed by atoms with van der Waals surface area (Å²) in [7, 11) is 0. The molecule has 96 valence electrons. The summed E-state index contributed by atoms with van der Waals surface area (Å²) in [6.45, 7) is 4.64. The Morgan fingerprint density at radius 3 is 2.89 bits per heavy atom. The molecule has 2 rings (SSSR count). The molecule has 0 bridgehead atoms. The molecule has 0 fully saturated rings. The lowest BCUT2D eigenvalue weighted by Gasteiger charge is -2.01. The lowest BCUT2D eigenvalue weighted by molar-refractivity contribution is 0.362. The van der Waals surface area contributed by atoms with Crippen LogP contribution in [0, 0.1) is 0 Å². The van der Waals surface area contributed by atoms with Crippen molar-refractivity contribution in [3.05, 3.63) is 41.5 Å². The van der Waals surface area contributed by atoms with Crippen molar-refractivity contribution in [2.45, 2.75) is 37.0 Å². The Kier molecular flexibility index (Phi) is 4.38. The summed E-state index contributed by atoms with van der Waals surface area (Å²) < 4.78 is 5.16. The van der Waals surface area contributed by atoms with Gasteiger partial charge in [-0.1, -0.05) is 31.1 Å². The average molecular weight is 263 g/mol. The van der Waals surface area contributed by atoms with Crippen molar-refractivity contribution in [3.8, 4) is 0 Å². The van der Waals surface area contributed by atoms with Crippen molar-refractivity contribution in [2.24, 2.45) is 5.73 Å². The van der Waals surface area contributed by atoms with Crippen LogP contribution in [0.2, 0.25) is 0 Å². The van der Waals surface area contributed by atoms with E-state index < -0.39 is 0 Å². The first kappa shape index (κ1) is 13.1. The SMILES string of the molecule is CC(C)c1nc(CSc2cccc(CN)c2)no1. The summed E-state index contributed by atoms with van der Waals surface area (Å²) in [4.78, 5) is 5.52. The fourth-order valence-electron chi connectivity index (χ4n) is 1.47. The summed E-state index contributed by atoms with van der Waals surface area (Å²) in [5.74, 6) is 2.42. The zero-order valence-corrected chi connectivity index (χ0v) is 11.4. The molecule has 5 heteroatoms. The fraction of sp³-hybridized carbons (Fsp3) is 0.385. The van der Waals surface area contributed by atoms with Gasteiger partial charge in [0.15, 0.2) is 5.82 Å². The molecule has 0 amide bonds. The van der Waals surface area contributed by atoms with Crippen molar-refractivity contribution in [1.82, 2.24) is 10.1 Å². The minimum atomic E-state index is 0.275. The smallest absolute Gasteiger partial charge is 0.229 e. The predicted octanol–water partition coefficient (Wildman–Crippen LogP) is 2.94. The molecule has 0 saturated carbocycles. The summed E-state index contributed by atoms with van der Waals surface area (Å²) in [5, 5.41) is 3.96. The van der Waals surface area contributed by atoms with Crippen molar-refractivity contribution < 1.29 is 4.52 Å². The van der Waals surface area contributed by atoms with Crippen LogP contribution in [-0.2, 0) is 12.3 Å². The van der Waals surface area contributed by atoms with Gasteiger partial charge in [-0.25, -0.2) is 0 Å². The minimum Gasteiger partial charge on any atom is -0.339 e. The molecule has 0 atom stereocenters. The maximum Gasteiger partial charge on any atom is 0.229 e. The Bertz CT molecular complexity index is 510. The zero-order valence-electron chi connectivity index (χ0n) is 10.6. The molecule has 18 heavy (non-hydrogen) atoms. The van der Waals surface area contributed by atoms with E-state index in [0.29, 0.717) is 18.2 Å². The van der Waals surface area contributed by atoms with E-state index >= 15 is 0 Å². The standard InChI is InChI=1S/C13H17N3OS/c1-9(2)13-15-12(16-17-13)8-18-11-5-3-4-10(6-11)7-14/h3-6,9H,7-8,14H2,1-2H3. The summed E-state index contributed by atoms with van der Waals surface area (Å²) in [6, 6.07) is 8.19. The fourth-order valence-corrected chi connectivity index (χ4v) is 2.29. The van der Waals surface area contributed by atoms with E-state index in [9.17, 15) is 0 Å². The van der Waals surface area contributed by atoms with Crippen LogP contribution in [0.1, 0.15) is 37.0 Å². The van der Waals surface area contributed by atoms with Gasteiger partial charge in [0, 0.05) is 17.4 Å². The number of aromatic nitrogens is 2. The third-order valence-corrected chi connectivity index (χ3v) is 3.47. The number of hydrogen-bond donors (Lipinski definition) is 1. The number of nitrogens with two attached hydrogens (primary N) is 1. The lowest BCUT2D eigenvalue weighted by Crippen LogP contribution is -1.95. The van der Waals surface area contributed by atoms with Gasteiger partial charge in [0.2, 0.25) is 5.89 Å². The highest BCUT2D eigenvalue weighted by atomic mass is 32.2. The molecule has 0 aliphatic heterocycles. The van der Waals surface area contributed by atoms with Gasteiger partial charge in [0.25, 0.3) is 0 Å². The van der Waals surface area contributed by atoms with E-state index in [4.69, 9.17) is 10.3 Å². The second-order valence-electron chi connectivity index (χ2n) is 4.34. The van der Waals surface area contributed by atoms with Gasteiger partial charge in [-0.3, -0.25) is 0 Å². The topological polar surface area (TPSA) is 64.9 Å². The molecule has 0 spiro atoms. The van der Waals surface area contributed by atoms with E-state index in [0.717, 1.165) is 11.4 Å². The van der Waals surface area contributed by atoms with Crippen LogP contribution in [0.25, 0.3) is 0 Å². The third-order valence-electron chi connectivity index (χ3n) is 2.48. The maximum atomic E-state index is 5.61. The molecule has 0 radical (unpaired) electrons. The van der Waals surface area contributed by atoms with E-state index in [-0.39, 0.29) is 5.92 Å². The third kappa shape index (κ3) is 3.34. The Balaban J connectivity index is 1.97. The molecular weight excluding hydrogens is 246 g/mol. The molecule has 2 aromatic rings. The molecule has 0 aliphatic rings. The van der Waals surface area contributed by atoms with Crippen LogP contribution < -0.4 is 5.73 Å². The van der Waals surface area contributed by atoms with Crippen LogP contribution in [-0.4, -0.2) is 10.1 Å². The molecule has 4 nitrogen and oxygen atoms in total. The Hall–Kier alpha value is -1.33. The van der Waals surface area contributed by atoms with Crippen LogP contribution in [0.4, 0.5) is 0 Å². The van der Waals surface area contributed by atoms with E-state index in [1.807, 2.05) is 26.0 Å². The van der Waals surface area contributed by atoms with E-state index in [2.05, 4.69) is 22.3 Å². The first-order valence-electron chi connectivity index (χ1n) is 5.93. The molecule has 0 unspecified atom stereocenters. The molecule has 0 saturated heterocycles. The van der Waals surface area contributed by atoms with Crippen LogP contribution in [0.15, 0.2) is 33.7 Å². The monoisotopic (exact) mass is 263 g/mol. The molecule has 1 aromatic heterocycles. The van der Waals surface area contributed by atoms with Crippen molar-refractivity contribution in [3.63, 3.8) is 0 Å². The van der Waals surface area contributed by atoms with Crippen molar-refractivity contribution in [1.29, 1.82) is 0 Å². The summed E-state index contributed by atoms with van der Waals surface area (Å²) in [5.41, 5.74) is 6.75. The molecular formula is C13H17N3OS. The minimum absolute atomic E-state index is 0.275. The predicted molar refractivity (Wildman–Crippen MR) is 72.3 cm³/mol. The number of rotatable bonds is 5. The van der Waals surface area contributed by atoms with E-state index in [1.165, 1.54) is 4.90 Å². The first-order chi connectivity index (χ1) is 8.69. The number of nitrogens with zero attached hydrogens (tertiary/aromatic N) is 2. The summed E-state index contributed by atoms with van der Waals surface area (Å²) in [6.07, 6.45) is 0. The Morgan fingerprint density at radius 2 is 2.22 bits per heavy atom. The first-order valence-corrected chi connectivity index (χ1v) is 6.92. The van der Waals surface area contributed by atoms with Gasteiger partial charge in [-0.15, -0.1) is 11.8 Å². The average Bonchev–Trinajstić information content (AvgIpc) is 2.85. The summed E-state index contributed by atoms with van der Waals surface area (Å²) >= 11 is 1.69. The number of hydrogen-bond acceptors (Lipinski definition) is 5. The highest BCUT2D eigenvalue weighted by Gasteiger charge is 2.09. The van der Waals surface area contributed by atoms with Crippen molar-refractivity contribution in [2.75, 3.05) is 0 Å².